The number of likely N-dealkylation sites (N-methyl/N-ethyl adjacent to an activating group) is 1. The van der Waals surface area contributed by atoms with Crippen LogP contribution >= 0.6 is 11.8 Å². The number of esters is 1. The van der Waals surface area contributed by atoms with Crippen molar-refractivity contribution in [1.82, 2.24) is 9.80 Å². The fraction of sp³-hybridized carbons (Fsp3) is 0.571. The van der Waals surface area contributed by atoms with Gasteiger partial charge in [0.15, 0.2) is 0 Å². The number of rotatable bonds is 3. The molecule has 0 saturated carbocycles. The van der Waals surface area contributed by atoms with Crippen LogP contribution in [-0.4, -0.2) is 54.2 Å². The molecule has 0 radical (unpaired) electrons. The minimum atomic E-state index is -0.231. The van der Waals surface area contributed by atoms with E-state index in [2.05, 4.69) is 4.90 Å². The number of hydrogen-bond acceptors (Lipinski definition) is 5. The third kappa shape index (κ3) is 3.00. The molecule has 110 valence electrons. The lowest BCUT2D eigenvalue weighted by Gasteiger charge is -2.15. The van der Waals surface area contributed by atoms with Crippen molar-refractivity contribution in [3.63, 3.8) is 0 Å². The topological polar surface area (TPSA) is 49.9 Å². The maximum absolute atomic E-state index is 12.0. The summed E-state index contributed by atoms with van der Waals surface area (Å²) in [6.45, 7) is 4.44. The van der Waals surface area contributed by atoms with E-state index < -0.39 is 0 Å². The third-order valence-electron chi connectivity index (χ3n) is 3.11. The van der Waals surface area contributed by atoms with Crippen molar-refractivity contribution in [3.8, 4) is 0 Å². The smallest absolute Gasteiger partial charge is 0.336 e. The van der Waals surface area contributed by atoms with Gasteiger partial charge in [-0.1, -0.05) is 0 Å². The van der Waals surface area contributed by atoms with Gasteiger partial charge in [-0.3, -0.25) is 4.79 Å². The predicted molar refractivity (Wildman–Crippen MR) is 78.8 cm³/mol. The fourth-order valence-corrected chi connectivity index (χ4v) is 3.37. The summed E-state index contributed by atoms with van der Waals surface area (Å²) in [5.41, 5.74) is 1.71. The minimum Gasteiger partial charge on any atom is -0.460 e. The van der Waals surface area contributed by atoms with Gasteiger partial charge in [-0.05, 0) is 13.8 Å². The lowest BCUT2D eigenvalue weighted by atomic mass is 10.2. The van der Waals surface area contributed by atoms with E-state index in [9.17, 15) is 9.59 Å². The fourth-order valence-electron chi connectivity index (χ4n) is 2.12. The Balaban J connectivity index is 2.16. The number of thioether (sulfide) groups is 1. The van der Waals surface area contributed by atoms with Crippen LogP contribution in [0, 0.1) is 0 Å². The standard InChI is InChI=1S/C14H20N2O3S/c1-9(2)19-14(18)11-5-6-16-10(8-20-13(11)16)7-12(17)15(3)4/h7,9H,5-6,8H2,1-4H3. The van der Waals surface area contributed by atoms with Crippen LogP contribution < -0.4 is 0 Å². The van der Waals surface area contributed by atoms with Gasteiger partial charge in [-0.2, -0.15) is 0 Å². The first-order valence-electron chi connectivity index (χ1n) is 6.66. The number of ether oxygens (including phenoxy) is 1. The first-order valence-corrected chi connectivity index (χ1v) is 7.65. The molecule has 0 aromatic carbocycles. The van der Waals surface area contributed by atoms with Crippen LogP contribution in [0.5, 0.6) is 0 Å². The Morgan fingerprint density at radius 1 is 1.40 bits per heavy atom. The lowest BCUT2D eigenvalue weighted by molar-refractivity contribution is -0.142. The molecule has 0 aliphatic carbocycles. The summed E-state index contributed by atoms with van der Waals surface area (Å²) in [6.07, 6.45) is 2.22. The average molecular weight is 296 g/mol. The van der Waals surface area contributed by atoms with Crippen molar-refractivity contribution in [3.05, 3.63) is 22.4 Å². The van der Waals surface area contributed by atoms with Crippen molar-refractivity contribution in [1.29, 1.82) is 0 Å². The molecule has 0 aromatic rings. The SMILES string of the molecule is CC(C)OC(=O)C1=C2SCC(=CC(=O)N(C)C)N2CC1. The van der Waals surface area contributed by atoms with E-state index in [1.165, 1.54) is 0 Å². The number of carbonyl (C=O) groups is 2. The summed E-state index contributed by atoms with van der Waals surface area (Å²) >= 11 is 1.60. The van der Waals surface area contributed by atoms with Crippen LogP contribution in [0.4, 0.5) is 0 Å². The number of amides is 1. The second-order valence-electron chi connectivity index (χ2n) is 5.30. The molecule has 1 amide bonds. The minimum absolute atomic E-state index is 0.0277. The molecule has 0 N–H and O–H groups in total. The van der Waals surface area contributed by atoms with Crippen molar-refractivity contribution in [2.45, 2.75) is 26.4 Å². The molecule has 0 unspecified atom stereocenters. The summed E-state index contributed by atoms with van der Waals surface area (Å²) < 4.78 is 5.27. The zero-order chi connectivity index (χ0) is 14.9. The summed E-state index contributed by atoms with van der Waals surface area (Å²) in [6, 6.07) is 0. The first-order chi connectivity index (χ1) is 9.40. The highest BCUT2D eigenvalue weighted by molar-refractivity contribution is 8.03. The molecular formula is C14H20N2O3S. The molecule has 20 heavy (non-hydrogen) atoms. The quantitative estimate of drug-likeness (QED) is 0.584. The van der Waals surface area contributed by atoms with Crippen LogP contribution in [0.25, 0.3) is 0 Å². The molecule has 0 atom stereocenters. The van der Waals surface area contributed by atoms with Crippen molar-refractivity contribution < 1.29 is 14.3 Å². The zero-order valence-corrected chi connectivity index (χ0v) is 13.1. The van der Waals surface area contributed by atoms with Gasteiger partial charge >= 0.3 is 5.97 Å². The Bertz CT molecular complexity index is 495. The molecular weight excluding hydrogens is 276 g/mol. The highest BCUT2D eigenvalue weighted by Crippen LogP contribution is 2.42. The predicted octanol–water partition coefficient (Wildman–Crippen LogP) is 1.57. The molecule has 2 rings (SSSR count). The third-order valence-corrected chi connectivity index (χ3v) is 4.29. The van der Waals surface area contributed by atoms with E-state index in [1.807, 2.05) is 13.8 Å². The van der Waals surface area contributed by atoms with Crippen LogP contribution in [-0.2, 0) is 14.3 Å². The van der Waals surface area contributed by atoms with E-state index in [1.54, 1.807) is 36.8 Å². The number of nitrogens with zero attached hydrogens (tertiary/aromatic N) is 2. The molecule has 2 aliphatic heterocycles. The average Bonchev–Trinajstić information content (AvgIpc) is 2.90. The van der Waals surface area contributed by atoms with Gasteiger partial charge < -0.3 is 14.5 Å². The summed E-state index contributed by atoms with van der Waals surface area (Å²) in [7, 11) is 3.46. The van der Waals surface area contributed by atoms with Crippen LogP contribution in [0.1, 0.15) is 20.3 Å². The molecule has 2 heterocycles. The molecule has 0 bridgehead atoms. The largest absolute Gasteiger partial charge is 0.460 e. The second kappa shape index (κ2) is 5.91. The maximum Gasteiger partial charge on any atom is 0.336 e. The molecule has 1 saturated heterocycles. The monoisotopic (exact) mass is 296 g/mol. The summed E-state index contributed by atoms with van der Waals surface area (Å²) in [5.74, 6) is 0.471. The van der Waals surface area contributed by atoms with E-state index in [4.69, 9.17) is 4.74 Å². The van der Waals surface area contributed by atoms with E-state index in [0.717, 1.165) is 28.6 Å². The molecule has 1 fully saturated rings. The lowest BCUT2D eigenvalue weighted by Crippen LogP contribution is -2.22. The first kappa shape index (κ1) is 15.0. The number of hydrogen-bond donors (Lipinski definition) is 0. The Morgan fingerprint density at radius 2 is 2.10 bits per heavy atom. The maximum atomic E-state index is 12.0. The van der Waals surface area contributed by atoms with Crippen LogP contribution in [0.2, 0.25) is 0 Å². The van der Waals surface area contributed by atoms with Gasteiger partial charge in [0.2, 0.25) is 5.91 Å². The normalized spacial score (nSPS) is 19.9. The molecule has 0 aromatic heterocycles. The van der Waals surface area contributed by atoms with Crippen molar-refractivity contribution >= 4 is 23.6 Å². The molecule has 5 nitrogen and oxygen atoms in total. The summed E-state index contributed by atoms with van der Waals surface area (Å²) in [5, 5.41) is 0.952. The van der Waals surface area contributed by atoms with Gasteiger partial charge in [-0.15, -0.1) is 11.8 Å². The number of fused-ring (bicyclic) bond motifs is 1. The number of carbonyl (C=O) groups excluding carboxylic acids is 2. The highest BCUT2D eigenvalue weighted by Gasteiger charge is 2.35. The highest BCUT2D eigenvalue weighted by atomic mass is 32.2. The Labute approximate surface area is 123 Å². The Morgan fingerprint density at radius 3 is 2.70 bits per heavy atom. The summed E-state index contributed by atoms with van der Waals surface area (Å²) in [4.78, 5) is 27.4. The Kier molecular flexibility index (Phi) is 4.42. The Hall–Kier alpha value is -1.43. The zero-order valence-electron chi connectivity index (χ0n) is 12.3. The molecule has 6 heteroatoms. The van der Waals surface area contributed by atoms with Gasteiger partial charge in [0.25, 0.3) is 0 Å². The second-order valence-corrected chi connectivity index (χ2v) is 6.26. The van der Waals surface area contributed by atoms with E-state index in [-0.39, 0.29) is 18.0 Å². The van der Waals surface area contributed by atoms with Gasteiger partial charge in [-0.25, -0.2) is 4.79 Å². The van der Waals surface area contributed by atoms with E-state index >= 15 is 0 Å². The van der Waals surface area contributed by atoms with Gasteiger partial charge in [0.05, 0.1) is 16.7 Å². The van der Waals surface area contributed by atoms with Crippen molar-refractivity contribution in [2.24, 2.45) is 0 Å². The van der Waals surface area contributed by atoms with Crippen LogP contribution in [0.15, 0.2) is 22.4 Å². The van der Waals surface area contributed by atoms with Gasteiger partial charge in [0, 0.05) is 44.6 Å². The van der Waals surface area contributed by atoms with Crippen molar-refractivity contribution in [2.75, 3.05) is 26.4 Å². The molecule has 0 spiro atoms. The molecule has 2 aliphatic rings. The van der Waals surface area contributed by atoms with Gasteiger partial charge in [0.1, 0.15) is 0 Å². The van der Waals surface area contributed by atoms with Crippen LogP contribution in [0.3, 0.4) is 0 Å². The van der Waals surface area contributed by atoms with E-state index in [0.29, 0.717) is 6.42 Å².